The number of hydrogen-bond acceptors (Lipinski definition) is 3. The third kappa shape index (κ3) is 2.13. The Morgan fingerprint density at radius 2 is 2.17 bits per heavy atom. The van der Waals surface area contributed by atoms with Gasteiger partial charge in [-0.05, 0) is 18.6 Å². The molecule has 0 saturated heterocycles. The van der Waals surface area contributed by atoms with E-state index in [1.807, 2.05) is 25.1 Å². The first-order valence-electron chi connectivity index (χ1n) is 3.93. The van der Waals surface area contributed by atoms with Gasteiger partial charge in [0.15, 0.2) is 0 Å². The lowest BCUT2D eigenvalue weighted by Gasteiger charge is -2.07. The summed E-state index contributed by atoms with van der Waals surface area (Å²) in [4.78, 5) is 0. The van der Waals surface area contributed by atoms with Crippen LogP contribution in [0.25, 0.3) is 0 Å². The van der Waals surface area contributed by atoms with E-state index in [-0.39, 0.29) is 0 Å². The van der Waals surface area contributed by atoms with Gasteiger partial charge in [-0.1, -0.05) is 6.07 Å². The van der Waals surface area contributed by atoms with Crippen LogP contribution >= 0.6 is 0 Å². The molecule has 0 unspecified atom stereocenters. The summed E-state index contributed by atoms with van der Waals surface area (Å²) in [6, 6.07) is 5.59. The molecule has 0 atom stereocenters. The number of ether oxygens (including phenoxy) is 1. The summed E-state index contributed by atoms with van der Waals surface area (Å²) in [5.74, 6) is 0.820. The molecular formula is C9H14N2O. The highest BCUT2D eigenvalue weighted by Crippen LogP contribution is 2.20. The number of nitrogens with two attached hydrogens (primary N) is 2. The van der Waals surface area contributed by atoms with Crippen LogP contribution in [0, 0.1) is 6.92 Å². The molecule has 0 heterocycles. The molecule has 0 saturated carbocycles. The van der Waals surface area contributed by atoms with E-state index in [4.69, 9.17) is 16.2 Å². The lowest BCUT2D eigenvalue weighted by atomic mass is 10.2. The molecule has 12 heavy (non-hydrogen) atoms. The molecular weight excluding hydrogens is 152 g/mol. The van der Waals surface area contributed by atoms with Crippen molar-refractivity contribution < 1.29 is 4.74 Å². The number of benzene rings is 1. The minimum atomic E-state index is 0.522. The Labute approximate surface area is 72.3 Å². The second-order valence-corrected chi connectivity index (χ2v) is 2.66. The summed E-state index contributed by atoms with van der Waals surface area (Å²) in [6.07, 6.45) is 0. The van der Waals surface area contributed by atoms with Crippen LogP contribution in [0.4, 0.5) is 5.69 Å². The van der Waals surface area contributed by atoms with Crippen LogP contribution in [0.3, 0.4) is 0 Å². The Morgan fingerprint density at radius 1 is 1.42 bits per heavy atom. The van der Waals surface area contributed by atoms with Crippen molar-refractivity contribution in [1.82, 2.24) is 0 Å². The smallest absolute Gasteiger partial charge is 0.124 e. The Hall–Kier alpha value is -1.22. The molecule has 0 aliphatic rings. The van der Waals surface area contributed by atoms with E-state index in [0.717, 1.165) is 11.3 Å². The van der Waals surface area contributed by atoms with Crippen molar-refractivity contribution in [3.8, 4) is 5.75 Å². The number of aryl methyl sites for hydroxylation is 1. The van der Waals surface area contributed by atoms with Crippen molar-refractivity contribution in [1.29, 1.82) is 0 Å². The molecule has 0 spiro atoms. The lowest BCUT2D eigenvalue weighted by Crippen LogP contribution is -2.11. The molecule has 66 valence electrons. The van der Waals surface area contributed by atoms with Crippen molar-refractivity contribution in [2.24, 2.45) is 5.73 Å². The molecule has 1 aromatic rings. The topological polar surface area (TPSA) is 61.3 Å². The fourth-order valence-corrected chi connectivity index (χ4v) is 0.941. The van der Waals surface area contributed by atoms with E-state index < -0.39 is 0 Å². The van der Waals surface area contributed by atoms with Crippen molar-refractivity contribution in [3.63, 3.8) is 0 Å². The monoisotopic (exact) mass is 166 g/mol. The van der Waals surface area contributed by atoms with Crippen molar-refractivity contribution in [2.75, 3.05) is 18.9 Å². The summed E-state index contributed by atoms with van der Waals surface area (Å²) < 4.78 is 5.36. The Morgan fingerprint density at radius 3 is 2.83 bits per heavy atom. The molecule has 3 heteroatoms. The fourth-order valence-electron chi connectivity index (χ4n) is 0.941. The molecule has 4 N–H and O–H groups in total. The maximum absolute atomic E-state index is 5.59. The maximum Gasteiger partial charge on any atom is 0.124 e. The lowest BCUT2D eigenvalue weighted by molar-refractivity contribution is 0.326. The summed E-state index contributed by atoms with van der Waals surface area (Å²) in [6.45, 7) is 3.03. The zero-order valence-electron chi connectivity index (χ0n) is 7.21. The Kier molecular flexibility index (Phi) is 2.94. The number of hydrogen-bond donors (Lipinski definition) is 2. The molecule has 0 amide bonds. The highest BCUT2D eigenvalue weighted by molar-refractivity contribution is 5.47. The average molecular weight is 166 g/mol. The predicted molar refractivity (Wildman–Crippen MR) is 50.1 cm³/mol. The van der Waals surface area contributed by atoms with Gasteiger partial charge in [-0.25, -0.2) is 0 Å². The molecule has 0 bridgehead atoms. The van der Waals surface area contributed by atoms with Crippen molar-refractivity contribution >= 4 is 5.69 Å². The van der Waals surface area contributed by atoms with Crippen molar-refractivity contribution in [3.05, 3.63) is 23.8 Å². The zero-order valence-corrected chi connectivity index (χ0v) is 7.21. The van der Waals surface area contributed by atoms with Crippen LogP contribution in [-0.4, -0.2) is 13.2 Å². The molecule has 1 aromatic carbocycles. The largest absolute Gasteiger partial charge is 0.492 e. The van der Waals surface area contributed by atoms with Gasteiger partial charge in [0.1, 0.15) is 12.4 Å². The van der Waals surface area contributed by atoms with Crippen LogP contribution < -0.4 is 16.2 Å². The third-order valence-electron chi connectivity index (χ3n) is 1.59. The van der Waals surface area contributed by atoms with Gasteiger partial charge in [-0.15, -0.1) is 0 Å². The van der Waals surface area contributed by atoms with Gasteiger partial charge in [0.2, 0.25) is 0 Å². The van der Waals surface area contributed by atoms with Crippen LogP contribution in [0.2, 0.25) is 0 Å². The van der Waals surface area contributed by atoms with E-state index in [1.54, 1.807) is 0 Å². The third-order valence-corrected chi connectivity index (χ3v) is 1.59. The zero-order chi connectivity index (χ0) is 8.97. The van der Waals surface area contributed by atoms with Gasteiger partial charge in [-0.3, -0.25) is 0 Å². The summed E-state index contributed by atoms with van der Waals surface area (Å²) in [7, 11) is 0. The van der Waals surface area contributed by atoms with Gasteiger partial charge >= 0.3 is 0 Å². The quantitative estimate of drug-likeness (QED) is 0.656. The highest BCUT2D eigenvalue weighted by atomic mass is 16.5. The number of anilines is 1. The standard InChI is InChI=1S/C9H14N2O/c1-7-2-3-8(11)6-9(7)12-5-4-10/h2-3,6H,4-5,10-11H2,1H3. The van der Waals surface area contributed by atoms with E-state index >= 15 is 0 Å². The highest BCUT2D eigenvalue weighted by Gasteiger charge is 1.98. The number of rotatable bonds is 3. The van der Waals surface area contributed by atoms with E-state index in [1.165, 1.54) is 0 Å². The molecule has 0 aliphatic carbocycles. The van der Waals surface area contributed by atoms with E-state index in [9.17, 15) is 0 Å². The predicted octanol–water partition coefficient (Wildman–Crippen LogP) is 0.915. The van der Waals surface area contributed by atoms with E-state index in [0.29, 0.717) is 18.8 Å². The van der Waals surface area contributed by atoms with Crippen LogP contribution in [-0.2, 0) is 0 Å². The molecule has 0 fully saturated rings. The molecule has 0 radical (unpaired) electrons. The summed E-state index contributed by atoms with van der Waals surface area (Å²) >= 11 is 0. The minimum Gasteiger partial charge on any atom is -0.492 e. The SMILES string of the molecule is Cc1ccc(N)cc1OCCN. The normalized spacial score (nSPS) is 9.83. The van der Waals surface area contributed by atoms with Gasteiger partial charge in [0, 0.05) is 18.3 Å². The van der Waals surface area contributed by atoms with Crippen molar-refractivity contribution in [2.45, 2.75) is 6.92 Å². The minimum absolute atomic E-state index is 0.522. The average Bonchev–Trinajstić information content (AvgIpc) is 2.07. The fraction of sp³-hybridized carbons (Fsp3) is 0.333. The van der Waals surface area contributed by atoms with Crippen LogP contribution in [0.5, 0.6) is 5.75 Å². The summed E-state index contributed by atoms with van der Waals surface area (Å²) in [5.41, 5.74) is 12.7. The molecule has 3 nitrogen and oxygen atoms in total. The first-order valence-corrected chi connectivity index (χ1v) is 3.93. The first-order chi connectivity index (χ1) is 5.74. The van der Waals surface area contributed by atoms with E-state index in [2.05, 4.69) is 0 Å². The second kappa shape index (κ2) is 3.97. The second-order valence-electron chi connectivity index (χ2n) is 2.66. The van der Waals surface area contributed by atoms with Gasteiger partial charge in [0.25, 0.3) is 0 Å². The number of nitrogen functional groups attached to an aromatic ring is 1. The Balaban J connectivity index is 2.75. The molecule has 0 aromatic heterocycles. The maximum atomic E-state index is 5.59. The molecule has 0 aliphatic heterocycles. The molecule has 1 rings (SSSR count). The summed E-state index contributed by atoms with van der Waals surface area (Å²) in [5, 5.41) is 0. The first kappa shape index (κ1) is 8.87. The van der Waals surface area contributed by atoms with Gasteiger partial charge in [0.05, 0.1) is 0 Å². The van der Waals surface area contributed by atoms with Gasteiger partial charge < -0.3 is 16.2 Å². The Bertz CT molecular complexity index is 261. The van der Waals surface area contributed by atoms with Crippen LogP contribution in [0.1, 0.15) is 5.56 Å². The van der Waals surface area contributed by atoms with Crippen LogP contribution in [0.15, 0.2) is 18.2 Å². The van der Waals surface area contributed by atoms with Gasteiger partial charge in [-0.2, -0.15) is 0 Å².